The maximum absolute atomic E-state index is 8.18. The van der Waals surface area contributed by atoms with Crippen LogP contribution >= 0.6 is 11.6 Å². The first-order valence-electron chi connectivity index (χ1n) is 3.08. The average Bonchev–Trinajstić information content (AvgIpc) is 1.94. The molecule has 0 aromatic carbocycles. The Kier molecular flexibility index (Phi) is 2.51. The predicted octanol–water partition coefficient (Wildman–Crippen LogP) is 2.29. The molecular weight excluding hydrogens is 150 g/mol. The normalized spacial score (nSPS) is 18.9. The first kappa shape index (κ1) is 7.35. The minimum Gasteiger partial charge on any atom is -0.411 e. The number of nitrogens with zero attached hydrogens (tertiary/aromatic N) is 1. The van der Waals surface area contributed by atoms with Crippen molar-refractivity contribution < 1.29 is 5.21 Å². The van der Waals surface area contributed by atoms with E-state index in [-0.39, 0.29) is 0 Å². The Morgan fingerprint density at radius 1 is 1.50 bits per heavy atom. The molecule has 1 aliphatic carbocycles. The second-order valence-corrected chi connectivity index (χ2v) is 2.44. The average molecular weight is 158 g/mol. The van der Waals surface area contributed by atoms with Crippen LogP contribution in [-0.4, -0.2) is 11.4 Å². The van der Waals surface area contributed by atoms with Gasteiger partial charge in [-0.2, -0.15) is 0 Å². The molecule has 0 radical (unpaired) electrons. The van der Waals surface area contributed by atoms with E-state index in [1.807, 2.05) is 12.2 Å². The first-order chi connectivity index (χ1) is 4.84. The third-order valence-electron chi connectivity index (χ3n) is 1.33. The monoisotopic (exact) mass is 157 g/mol. The zero-order valence-corrected chi connectivity index (χ0v) is 6.17. The number of rotatable bonds is 1. The molecule has 0 unspecified atom stereocenters. The van der Waals surface area contributed by atoms with Crippen LogP contribution in [-0.2, 0) is 0 Å². The number of halogens is 1. The summed E-state index contributed by atoms with van der Waals surface area (Å²) in [4.78, 5) is 0. The van der Waals surface area contributed by atoms with Crippen LogP contribution in [0.15, 0.2) is 27.9 Å². The quantitative estimate of drug-likeness (QED) is 0.354. The van der Waals surface area contributed by atoms with Crippen LogP contribution in [0.5, 0.6) is 0 Å². The molecule has 0 aliphatic heterocycles. The van der Waals surface area contributed by atoms with E-state index in [9.17, 15) is 0 Å². The van der Waals surface area contributed by atoms with E-state index in [0.29, 0.717) is 5.03 Å². The predicted molar refractivity (Wildman–Crippen MR) is 41.5 cm³/mol. The van der Waals surface area contributed by atoms with Gasteiger partial charge in [-0.15, -0.1) is 0 Å². The first-order valence-corrected chi connectivity index (χ1v) is 3.46. The van der Waals surface area contributed by atoms with Crippen LogP contribution in [0.4, 0.5) is 0 Å². The van der Waals surface area contributed by atoms with Gasteiger partial charge in [-0.05, 0) is 12.8 Å². The van der Waals surface area contributed by atoms with Gasteiger partial charge in [-0.3, -0.25) is 0 Å². The molecule has 0 fully saturated rings. The van der Waals surface area contributed by atoms with Gasteiger partial charge >= 0.3 is 0 Å². The molecule has 0 heterocycles. The number of hydrogen-bond donors (Lipinski definition) is 1. The lowest BCUT2D eigenvalue weighted by Gasteiger charge is -2.03. The maximum atomic E-state index is 8.18. The highest BCUT2D eigenvalue weighted by Crippen LogP contribution is 2.19. The van der Waals surface area contributed by atoms with Crippen LogP contribution in [0.3, 0.4) is 0 Å². The van der Waals surface area contributed by atoms with Crippen molar-refractivity contribution in [3.8, 4) is 0 Å². The molecule has 0 bridgehead atoms. The molecule has 1 N–H and O–H groups in total. The minimum absolute atomic E-state index is 0.670. The molecule has 3 heteroatoms. The molecule has 0 atom stereocenters. The molecule has 1 rings (SSSR count). The third-order valence-corrected chi connectivity index (χ3v) is 1.70. The second kappa shape index (κ2) is 3.42. The van der Waals surface area contributed by atoms with Crippen molar-refractivity contribution in [2.45, 2.75) is 12.8 Å². The molecule has 0 saturated carbocycles. The molecular formula is C7H8ClNO. The molecule has 10 heavy (non-hydrogen) atoms. The topological polar surface area (TPSA) is 32.6 Å². The molecule has 0 saturated heterocycles. The van der Waals surface area contributed by atoms with Crippen molar-refractivity contribution in [2.75, 3.05) is 0 Å². The van der Waals surface area contributed by atoms with E-state index in [1.54, 1.807) is 0 Å². The fourth-order valence-electron chi connectivity index (χ4n) is 0.841. The number of hydrogen-bond acceptors (Lipinski definition) is 2. The maximum Gasteiger partial charge on any atom is 0.0745 e. The fraction of sp³-hybridized carbons (Fsp3) is 0.286. The summed E-state index contributed by atoms with van der Waals surface area (Å²) in [6.07, 6.45) is 7.15. The highest BCUT2D eigenvalue weighted by molar-refractivity contribution is 6.34. The van der Waals surface area contributed by atoms with Crippen LogP contribution in [0.2, 0.25) is 0 Å². The van der Waals surface area contributed by atoms with E-state index in [2.05, 4.69) is 5.16 Å². The molecule has 1 aliphatic rings. The second-order valence-electron chi connectivity index (χ2n) is 2.03. The summed E-state index contributed by atoms with van der Waals surface area (Å²) in [5, 5.41) is 11.7. The Labute approximate surface area is 64.5 Å². The van der Waals surface area contributed by atoms with Gasteiger partial charge < -0.3 is 5.21 Å². The van der Waals surface area contributed by atoms with E-state index >= 15 is 0 Å². The van der Waals surface area contributed by atoms with Crippen LogP contribution in [0, 0.1) is 0 Å². The lowest BCUT2D eigenvalue weighted by Crippen LogP contribution is -1.90. The summed E-state index contributed by atoms with van der Waals surface area (Å²) in [6.45, 7) is 0. The molecule has 2 nitrogen and oxygen atoms in total. The summed E-state index contributed by atoms with van der Waals surface area (Å²) < 4.78 is 0. The fourth-order valence-corrected chi connectivity index (χ4v) is 1.08. The summed E-state index contributed by atoms with van der Waals surface area (Å²) >= 11 is 5.75. The molecule has 54 valence electrons. The minimum atomic E-state index is 0.670. The SMILES string of the molecule is ON=CC1=CCCC=C1Cl. The van der Waals surface area contributed by atoms with Crippen LogP contribution in [0.25, 0.3) is 0 Å². The zero-order chi connectivity index (χ0) is 7.40. The summed E-state index contributed by atoms with van der Waals surface area (Å²) in [6, 6.07) is 0. The van der Waals surface area contributed by atoms with Gasteiger partial charge in [-0.25, -0.2) is 0 Å². The highest BCUT2D eigenvalue weighted by Gasteiger charge is 2.02. The summed E-state index contributed by atoms with van der Waals surface area (Å²) in [5.74, 6) is 0. The van der Waals surface area contributed by atoms with Gasteiger partial charge in [0, 0.05) is 10.6 Å². The van der Waals surface area contributed by atoms with Gasteiger partial charge in [0.25, 0.3) is 0 Å². The van der Waals surface area contributed by atoms with Crippen molar-refractivity contribution >= 4 is 17.8 Å². The zero-order valence-electron chi connectivity index (χ0n) is 5.42. The van der Waals surface area contributed by atoms with Crippen molar-refractivity contribution in [1.82, 2.24) is 0 Å². The number of oxime groups is 1. The highest BCUT2D eigenvalue weighted by atomic mass is 35.5. The summed E-state index contributed by atoms with van der Waals surface area (Å²) in [5.41, 5.74) is 0.801. The van der Waals surface area contributed by atoms with Gasteiger partial charge in [0.1, 0.15) is 0 Å². The Balaban J connectivity index is 2.74. The smallest absolute Gasteiger partial charge is 0.0745 e. The van der Waals surface area contributed by atoms with Crippen LogP contribution in [0.1, 0.15) is 12.8 Å². The molecule has 0 aromatic rings. The van der Waals surface area contributed by atoms with Crippen molar-refractivity contribution in [3.63, 3.8) is 0 Å². The van der Waals surface area contributed by atoms with E-state index in [4.69, 9.17) is 16.8 Å². The van der Waals surface area contributed by atoms with Gasteiger partial charge in [-0.1, -0.05) is 28.9 Å². The standard InChI is InChI=1S/C7H8ClNO/c8-7-4-2-1-3-6(7)5-9-10/h3-5,10H,1-2H2. The molecule has 0 amide bonds. The van der Waals surface area contributed by atoms with E-state index in [1.165, 1.54) is 6.21 Å². The Bertz CT molecular complexity index is 206. The van der Waals surface area contributed by atoms with E-state index in [0.717, 1.165) is 18.4 Å². The van der Waals surface area contributed by atoms with Crippen LogP contribution < -0.4 is 0 Å². The van der Waals surface area contributed by atoms with Gasteiger partial charge in [0.2, 0.25) is 0 Å². The number of allylic oxidation sites excluding steroid dienone is 4. The van der Waals surface area contributed by atoms with Crippen molar-refractivity contribution in [2.24, 2.45) is 5.16 Å². The molecule has 0 spiro atoms. The van der Waals surface area contributed by atoms with Crippen molar-refractivity contribution in [3.05, 3.63) is 22.8 Å². The Morgan fingerprint density at radius 2 is 2.20 bits per heavy atom. The third kappa shape index (κ3) is 1.61. The summed E-state index contributed by atoms with van der Waals surface area (Å²) in [7, 11) is 0. The lowest BCUT2D eigenvalue weighted by molar-refractivity contribution is 0.322. The Morgan fingerprint density at radius 3 is 2.80 bits per heavy atom. The van der Waals surface area contributed by atoms with E-state index < -0.39 is 0 Å². The van der Waals surface area contributed by atoms with Crippen molar-refractivity contribution in [1.29, 1.82) is 0 Å². The Hall–Kier alpha value is -0.760. The largest absolute Gasteiger partial charge is 0.411 e. The molecule has 0 aromatic heterocycles. The van der Waals surface area contributed by atoms with Gasteiger partial charge in [0.05, 0.1) is 6.21 Å². The van der Waals surface area contributed by atoms with Gasteiger partial charge in [0.15, 0.2) is 0 Å². The lowest BCUT2D eigenvalue weighted by atomic mass is 10.1.